The number of halogens is 7. The maximum atomic E-state index is 13.7. The molecule has 0 saturated carbocycles. The van der Waals surface area contributed by atoms with Crippen LogP contribution in [-0.2, 0) is 21.9 Å². The van der Waals surface area contributed by atoms with Crippen molar-refractivity contribution in [3.8, 4) is 0 Å². The van der Waals surface area contributed by atoms with E-state index in [2.05, 4.69) is 10.2 Å². The maximum absolute atomic E-state index is 13.7. The second-order valence-corrected chi connectivity index (χ2v) is 9.63. The van der Waals surface area contributed by atoms with E-state index in [1.807, 2.05) is 6.08 Å². The van der Waals surface area contributed by atoms with E-state index in [9.17, 15) is 35.5 Å². The topological polar surface area (TPSA) is 58.2 Å². The van der Waals surface area contributed by atoms with E-state index in [-0.39, 0.29) is 30.5 Å². The summed E-state index contributed by atoms with van der Waals surface area (Å²) in [5, 5.41) is 6.61. The van der Waals surface area contributed by atoms with Crippen molar-refractivity contribution in [3.63, 3.8) is 0 Å². The predicted octanol–water partition coefficient (Wildman–Crippen LogP) is 6.51. The average molecular weight is 553 g/mol. The number of alkyl halides is 6. The van der Waals surface area contributed by atoms with E-state index in [0.29, 0.717) is 28.8 Å². The minimum absolute atomic E-state index is 0.0517. The van der Waals surface area contributed by atoms with Crippen LogP contribution in [-0.4, -0.2) is 39.7 Å². The van der Waals surface area contributed by atoms with E-state index in [0.717, 1.165) is 0 Å². The van der Waals surface area contributed by atoms with Gasteiger partial charge in [-0.3, -0.25) is 9.89 Å². The third-order valence-corrected chi connectivity index (χ3v) is 7.12. The highest BCUT2D eigenvalue weighted by atomic mass is 19.4. The summed E-state index contributed by atoms with van der Waals surface area (Å²) in [6.07, 6.45) is -6.82. The molecule has 1 amide bonds. The Morgan fingerprint density at radius 1 is 1.03 bits per heavy atom. The number of benzene rings is 2. The first-order valence-electron chi connectivity index (χ1n) is 12.0. The van der Waals surface area contributed by atoms with Gasteiger partial charge in [0.05, 0.1) is 42.0 Å². The second kappa shape index (κ2) is 9.82. The van der Waals surface area contributed by atoms with Gasteiger partial charge in [0.15, 0.2) is 0 Å². The quantitative estimate of drug-likeness (QED) is 0.367. The number of ether oxygens (including phenoxy) is 1. The number of amides is 1. The van der Waals surface area contributed by atoms with Crippen LogP contribution in [0.3, 0.4) is 0 Å². The maximum Gasteiger partial charge on any atom is 0.416 e. The number of aromatic amines is 1. The summed E-state index contributed by atoms with van der Waals surface area (Å²) in [7, 11) is 0. The lowest BCUT2D eigenvalue weighted by atomic mass is 9.86. The van der Waals surface area contributed by atoms with E-state index >= 15 is 0 Å². The van der Waals surface area contributed by atoms with Gasteiger partial charge < -0.3 is 9.64 Å². The molecule has 206 valence electrons. The molecule has 5 rings (SSSR count). The molecule has 0 spiro atoms. The lowest BCUT2D eigenvalue weighted by Gasteiger charge is -2.31. The molecule has 0 bridgehead atoms. The fraction of sp³-hybridized carbons (Fsp3) is 0.333. The third-order valence-electron chi connectivity index (χ3n) is 7.12. The minimum Gasteiger partial charge on any atom is -0.368 e. The zero-order valence-electron chi connectivity index (χ0n) is 20.4. The molecule has 5 nitrogen and oxygen atoms in total. The van der Waals surface area contributed by atoms with Crippen molar-refractivity contribution in [1.82, 2.24) is 15.1 Å². The van der Waals surface area contributed by atoms with Crippen molar-refractivity contribution in [3.05, 3.63) is 94.6 Å². The van der Waals surface area contributed by atoms with Gasteiger partial charge in [-0.05, 0) is 54.0 Å². The van der Waals surface area contributed by atoms with Crippen LogP contribution in [0.25, 0.3) is 5.57 Å². The molecule has 1 fully saturated rings. The lowest BCUT2D eigenvalue weighted by molar-refractivity contribution is -0.143. The standard InChI is InChI=1S/C27H22F7N3O2/c1-14(16-6-19(26(29,30)31)10-20(7-16)27(32,33)34)39-23-13-37-22(25(23)15-2-4-21(28)5-3-15)8-17(9-24(37)38)18-11-35-36-12-18/h2-8,10-12,14,22-23,25H,9,13H2,1H3,(H,35,36)/t14-,22?,23?,25+/m1/s1. The zero-order valence-corrected chi connectivity index (χ0v) is 20.4. The number of carbonyl (C=O) groups excluding carboxylic acids is 1. The average Bonchev–Trinajstić information content (AvgIpc) is 3.52. The number of hydrogen-bond acceptors (Lipinski definition) is 3. The Bertz CT molecular complexity index is 1350. The Labute approximate surface area is 218 Å². The molecule has 2 aromatic carbocycles. The first-order chi connectivity index (χ1) is 18.3. The first-order valence-corrected chi connectivity index (χ1v) is 12.0. The van der Waals surface area contributed by atoms with Crippen molar-refractivity contribution >= 4 is 11.5 Å². The van der Waals surface area contributed by atoms with Crippen LogP contribution in [0.5, 0.6) is 0 Å². The molecule has 4 atom stereocenters. The molecule has 1 aromatic heterocycles. The molecule has 39 heavy (non-hydrogen) atoms. The van der Waals surface area contributed by atoms with Crippen LogP contribution < -0.4 is 0 Å². The molecule has 3 heterocycles. The molecule has 3 aromatic rings. The largest absolute Gasteiger partial charge is 0.416 e. The monoisotopic (exact) mass is 553 g/mol. The van der Waals surface area contributed by atoms with Crippen LogP contribution in [0.2, 0.25) is 0 Å². The van der Waals surface area contributed by atoms with E-state index in [1.54, 1.807) is 17.3 Å². The van der Waals surface area contributed by atoms with Gasteiger partial charge in [0.2, 0.25) is 5.91 Å². The molecular formula is C27H22F7N3O2. The molecule has 2 unspecified atom stereocenters. The van der Waals surface area contributed by atoms with E-state index in [1.165, 1.54) is 31.2 Å². The lowest BCUT2D eigenvalue weighted by Crippen LogP contribution is -2.39. The van der Waals surface area contributed by atoms with E-state index < -0.39 is 53.5 Å². The number of rotatable bonds is 5. The second-order valence-electron chi connectivity index (χ2n) is 9.63. The third kappa shape index (κ3) is 5.42. The van der Waals surface area contributed by atoms with Gasteiger partial charge in [0.1, 0.15) is 5.82 Å². The molecule has 12 heteroatoms. The first kappa shape index (κ1) is 26.9. The van der Waals surface area contributed by atoms with Crippen LogP contribution in [0.1, 0.15) is 53.2 Å². The molecular weight excluding hydrogens is 531 g/mol. The van der Waals surface area contributed by atoms with Gasteiger partial charge in [-0.2, -0.15) is 31.4 Å². The highest BCUT2D eigenvalue weighted by Gasteiger charge is 2.47. The van der Waals surface area contributed by atoms with Gasteiger partial charge in [0, 0.05) is 24.2 Å². The summed E-state index contributed by atoms with van der Waals surface area (Å²) >= 11 is 0. The SMILES string of the molecule is C[C@@H](OC1CN2C(=O)CC(c3cn[nH]c3)=CC2[C@@H]1c1ccc(F)cc1)c1cc(C(F)(F)F)cc(C(F)(F)F)c1. The molecule has 2 aliphatic rings. The van der Waals surface area contributed by atoms with Gasteiger partial charge in [0.25, 0.3) is 0 Å². The van der Waals surface area contributed by atoms with Crippen LogP contribution in [0.15, 0.2) is 60.9 Å². The fourth-order valence-corrected chi connectivity index (χ4v) is 5.24. The summed E-state index contributed by atoms with van der Waals surface area (Å²) in [4.78, 5) is 14.7. The summed E-state index contributed by atoms with van der Waals surface area (Å²) in [6.45, 7) is 1.42. The van der Waals surface area contributed by atoms with E-state index in [4.69, 9.17) is 4.74 Å². The number of carbonyl (C=O) groups is 1. The predicted molar refractivity (Wildman–Crippen MR) is 126 cm³/mol. The van der Waals surface area contributed by atoms with Gasteiger partial charge in [-0.15, -0.1) is 0 Å². The number of fused-ring (bicyclic) bond motifs is 1. The number of aromatic nitrogens is 2. The van der Waals surface area contributed by atoms with Crippen LogP contribution in [0.4, 0.5) is 30.7 Å². The number of nitrogens with zero attached hydrogens (tertiary/aromatic N) is 2. The Kier molecular flexibility index (Phi) is 6.78. The van der Waals surface area contributed by atoms with Gasteiger partial charge in [-0.1, -0.05) is 18.2 Å². The fourth-order valence-electron chi connectivity index (χ4n) is 5.24. The molecule has 0 aliphatic carbocycles. The molecule has 2 aliphatic heterocycles. The van der Waals surface area contributed by atoms with Crippen molar-refractivity contribution in [2.45, 2.75) is 49.9 Å². The van der Waals surface area contributed by atoms with Crippen molar-refractivity contribution < 1.29 is 40.3 Å². The normalized spacial score (nSPS) is 22.6. The summed E-state index contributed by atoms with van der Waals surface area (Å²) in [5.74, 6) is -1.27. The Morgan fingerprint density at radius 2 is 1.67 bits per heavy atom. The Hall–Kier alpha value is -3.67. The number of hydrogen-bond donors (Lipinski definition) is 1. The summed E-state index contributed by atoms with van der Waals surface area (Å²) in [6, 6.07) is 6.34. The molecule has 0 radical (unpaired) electrons. The highest BCUT2D eigenvalue weighted by molar-refractivity contribution is 5.92. The smallest absolute Gasteiger partial charge is 0.368 e. The number of nitrogens with one attached hydrogen (secondary N) is 1. The number of H-pyrrole nitrogens is 1. The molecule has 1 saturated heterocycles. The van der Waals surface area contributed by atoms with Gasteiger partial charge in [-0.25, -0.2) is 4.39 Å². The Morgan fingerprint density at radius 3 is 2.23 bits per heavy atom. The zero-order chi connectivity index (χ0) is 28.1. The highest BCUT2D eigenvalue weighted by Crippen LogP contribution is 2.44. The summed E-state index contributed by atoms with van der Waals surface area (Å²) in [5.41, 5.74) is -1.15. The van der Waals surface area contributed by atoms with Gasteiger partial charge >= 0.3 is 12.4 Å². The van der Waals surface area contributed by atoms with Crippen molar-refractivity contribution in [2.75, 3.05) is 6.54 Å². The van der Waals surface area contributed by atoms with Crippen molar-refractivity contribution in [1.29, 1.82) is 0 Å². The van der Waals surface area contributed by atoms with Crippen molar-refractivity contribution in [2.24, 2.45) is 0 Å². The summed E-state index contributed by atoms with van der Waals surface area (Å²) < 4.78 is 100. The van der Waals surface area contributed by atoms with Crippen LogP contribution >= 0.6 is 0 Å². The minimum atomic E-state index is -5.00. The Balaban J connectivity index is 1.52. The molecule has 1 N–H and O–H groups in total. The van der Waals surface area contributed by atoms with Crippen LogP contribution in [0, 0.1) is 5.82 Å².